The van der Waals surface area contributed by atoms with E-state index in [1.807, 2.05) is 45.9 Å². The van der Waals surface area contributed by atoms with Crippen LogP contribution >= 0.6 is 0 Å². The molecule has 0 saturated heterocycles. The van der Waals surface area contributed by atoms with Gasteiger partial charge in [-0.15, -0.1) is 0 Å². The minimum atomic E-state index is -0.317. The molecule has 4 heteroatoms. The number of benzene rings is 1. The number of ether oxygens (including phenoxy) is 1. The first-order chi connectivity index (χ1) is 9.46. The van der Waals surface area contributed by atoms with Gasteiger partial charge >= 0.3 is 0 Å². The summed E-state index contributed by atoms with van der Waals surface area (Å²) < 4.78 is 5.61. The van der Waals surface area contributed by atoms with Crippen molar-refractivity contribution in [1.29, 1.82) is 0 Å². The Balaban J connectivity index is 2.61. The minimum Gasteiger partial charge on any atom is -0.483 e. The van der Waals surface area contributed by atoms with Crippen LogP contribution in [0.15, 0.2) is 18.2 Å². The largest absolute Gasteiger partial charge is 0.483 e. The molecule has 0 bridgehead atoms. The zero-order chi connectivity index (χ0) is 15.2. The summed E-state index contributed by atoms with van der Waals surface area (Å²) in [5.74, 6) is 0.631. The van der Waals surface area contributed by atoms with Gasteiger partial charge in [0.2, 0.25) is 0 Å². The number of aryl methyl sites for hydroxylation is 2. The van der Waals surface area contributed by atoms with Crippen LogP contribution in [0.25, 0.3) is 0 Å². The van der Waals surface area contributed by atoms with Crippen molar-refractivity contribution in [3.63, 3.8) is 0 Å². The highest BCUT2D eigenvalue weighted by Crippen LogP contribution is 2.19. The van der Waals surface area contributed by atoms with Gasteiger partial charge in [0, 0.05) is 6.54 Å². The summed E-state index contributed by atoms with van der Waals surface area (Å²) in [6.45, 7) is 8.49. The van der Waals surface area contributed by atoms with E-state index in [0.717, 1.165) is 29.7 Å². The van der Waals surface area contributed by atoms with Crippen LogP contribution in [0.4, 0.5) is 0 Å². The van der Waals surface area contributed by atoms with E-state index < -0.39 is 0 Å². The van der Waals surface area contributed by atoms with E-state index in [-0.39, 0.29) is 18.1 Å². The smallest absolute Gasteiger partial charge is 0.258 e. The third-order valence-corrected chi connectivity index (χ3v) is 3.85. The molecule has 0 heterocycles. The lowest BCUT2D eigenvalue weighted by atomic mass is 9.93. The fraction of sp³-hybridized carbons (Fsp3) is 0.562. The lowest BCUT2D eigenvalue weighted by Crippen LogP contribution is -2.54. The Morgan fingerprint density at radius 3 is 2.50 bits per heavy atom. The molecule has 4 nitrogen and oxygen atoms in total. The van der Waals surface area contributed by atoms with Crippen LogP contribution in [0.3, 0.4) is 0 Å². The maximum absolute atomic E-state index is 12.0. The van der Waals surface area contributed by atoms with Crippen molar-refractivity contribution in [1.82, 2.24) is 5.32 Å². The second kappa shape index (κ2) is 7.29. The lowest BCUT2D eigenvalue weighted by molar-refractivity contribution is -0.125. The number of hydrogen-bond acceptors (Lipinski definition) is 3. The van der Waals surface area contributed by atoms with Crippen LogP contribution in [0.5, 0.6) is 5.75 Å². The van der Waals surface area contributed by atoms with Gasteiger partial charge in [0.15, 0.2) is 6.61 Å². The van der Waals surface area contributed by atoms with E-state index in [4.69, 9.17) is 10.5 Å². The van der Waals surface area contributed by atoms with Crippen molar-refractivity contribution in [2.75, 3.05) is 13.2 Å². The normalized spacial score (nSPS) is 11.2. The highest BCUT2D eigenvalue weighted by atomic mass is 16.5. The lowest BCUT2D eigenvalue weighted by Gasteiger charge is -2.31. The van der Waals surface area contributed by atoms with Gasteiger partial charge < -0.3 is 15.8 Å². The fourth-order valence-electron chi connectivity index (χ4n) is 2.10. The second-order valence-corrected chi connectivity index (χ2v) is 5.30. The number of carbonyl (C=O) groups is 1. The number of nitrogens with two attached hydrogens (primary N) is 1. The molecule has 0 atom stereocenters. The molecule has 0 aliphatic heterocycles. The summed E-state index contributed by atoms with van der Waals surface area (Å²) in [6.07, 6.45) is 1.63. The number of rotatable bonds is 7. The van der Waals surface area contributed by atoms with E-state index in [0.29, 0.717) is 6.54 Å². The van der Waals surface area contributed by atoms with Gasteiger partial charge in [-0.2, -0.15) is 0 Å². The van der Waals surface area contributed by atoms with E-state index >= 15 is 0 Å². The summed E-state index contributed by atoms with van der Waals surface area (Å²) >= 11 is 0. The average molecular weight is 278 g/mol. The van der Waals surface area contributed by atoms with Crippen LogP contribution in [0.2, 0.25) is 0 Å². The monoisotopic (exact) mass is 278 g/mol. The Labute approximate surface area is 121 Å². The molecule has 0 aliphatic rings. The van der Waals surface area contributed by atoms with E-state index in [2.05, 4.69) is 5.32 Å². The quantitative estimate of drug-likeness (QED) is 0.804. The molecule has 0 spiro atoms. The van der Waals surface area contributed by atoms with Crippen LogP contribution in [0, 0.1) is 13.8 Å². The van der Waals surface area contributed by atoms with Gasteiger partial charge in [-0.05, 0) is 43.9 Å². The van der Waals surface area contributed by atoms with Crippen molar-refractivity contribution >= 4 is 5.91 Å². The first-order valence-electron chi connectivity index (χ1n) is 7.17. The van der Waals surface area contributed by atoms with E-state index in [9.17, 15) is 4.79 Å². The van der Waals surface area contributed by atoms with Crippen LogP contribution < -0.4 is 15.8 Å². The molecule has 0 radical (unpaired) electrons. The van der Waals surface area contributed by atoms with Crippen LogP contribution in [0.1, 0.15) is 37.8 Å². The van der Waals surface area contributed by atoms with Gasteiger partial charge in [0.1, 0.15) is 5.75 Å². The molecule has 1 amide bonds. The number of nitrogens with one attached hydrogen (secondary N) is 1. The van der Waals surface area contributed by atoms with E-state index in [1.54, 1.807) is 0 Å². The van der Waals surface area contributed by atoms with Gasteiger partial charge in [-0.1, -0.05) is 26.0 Å². The van der Waals surface area contributed by atoms with Crippen molar-refractivity contribution in [2.24, 2.45) is 5.73 Å². The molecular weight excluding hydrogens is 252 g/mol. The predicted octanol–water partition coefficient (Wildman–Crippen LogP) is 2.32. The molecule has 0 unspecified atom stereocenters. The molecule has 112 valence electrons. The van der Waals surface area contributed by atoms with Crippen LogP contribution in [-0.2, 0) is 4.79 Å². The Hall–Kier alpha value is -1.55. The zero-order valence-corrected chi connectivity index (χ0v) is 13.0. The summed E-state index contributed by atoms with van der Waals surface area (Å²) in [5, 5.41) is 2.99. The first-order valence-corrected chi connectivity index (χ1v) is 7.17. The first kappa shape index (κ1) is 16.5. The third-order valence-electron chi connectivity index (χ3n) is 3.85. The summed E-state index contributed by atoms with van der Waals surface area (Å²) in [6, 6.07) is 5.96. The Morgan fingerprint density at radius 2 is 1.95 bits per heavy atom. The van der Waals surface area contributed by atoms with Crippen molar-refractivity contribution in [3.05, 3.63) is 29.3 Å². The zero-order valence-electron chi connectivity index (χ0n) is 13.0. The molecule has 0 fully saturated rings. The number of carbonyl (C=O) groups excluding carboxylic acids is 1. The topological polar surface area (TPSA) is 64.3 Å². The molecule has 0 aromatic heterocycles. The molecule has 20 heavy (non-hydrogen) atoms. The fourth-order valence-corrected chi connectivity index (χ4v) is 2.10. The Bertz CT molecular complexity index is 446. The van der Waals surface area contributed by atoms with Gasteiger partial charge in [-0.25, -0.2) is 0 Å². The molecule has 1 aromatic carbocycles. The number of amides is 1. The van der Waals surface area contributed by atoms with Crippen molar-refractivity contribution < 1.29 is 9.53 Å². The summed E-state index contributed by atoms with van der Waals surface area (Å²) in [5.41, 5.74) is 7.60. The second-order valence-electron chi connectivity index (χ2n) is 5.30. The highest BCUT2D eigenvalue weighted by molar-refractivity contribution is 5.78. The molecule has 0 aliphatic carbocycles. The average Bonchev–Trinajstić information content (AvgIpc) is 2.46. The van der Waals surface area contributed by atoms with Gasteiger partial charge in [-0.3, -0.25) is 4.79 Å². The van der Waals surface area contributed by atoms with Gasteiger partial charge in [0.05, 0.1) is 5.54 Å². The van der Waals surface area contributed by atoms with E-state index in [1.165, 1.54) is 0 Å². The Morgan fingerprint density at radius 1 is 1.30 bits per heavy atom. The van der Waals surface area contributed by atoms with Crippen molar-refractivity contribution in [2.45, 2.75) is 46.1 Å². The standard InChI is InChI=1S/C16H26N2O2/c1-5-16(6-2,11-17)18-15(19)10-20-14-9-12(3)7-8-13(14)4/h7-9H,5-6,10-11,17H2,1-4H3,(H,18,19). The summed E-state index contributed by atoms with van der Waals surface area (Å²) in [4.78, 5) is 12.0. The number of hydrogen-bond donors (Lipinski definition) is 2. The SMILES string of the molecule is CCC(CC)(CN)NC(=O)COc1cc(C)ccc1C. The molecule has 3 N–H and O–H groups in total. The molecule has 1 rings (SSSR count). The maximum Gasteiger partial charge on any atom is 0.258 e. The highest BCUT2D eigenvalue weighted by Gasteiger charge is 2.26. The van der Waals surface area contributed by atoms with Crippen LogP contribution in [-0.4, -0.2) is 24.6 Å². The minimum absolute atomic E-state index is 0.0199. The molecule has 0 saturated carbocycles. The van der Waals surface area contributed by atoms with Gasteiger partial charge in [0.25, 0.3) is 5.91 Å². The Kier molecular flexibility index (Phi) is 6.02. The van der Waals surface area contributed by atoms with Crippen molar-refractivity contribution in [3.8, 4) is 5.75 Å². The molecular formula is C16H26N2O2. The third kappa shape index (κ3) is 4.23. The predicted molar refractivity (Wildman–Crippen MR) is 81.9 cm³/mol. The maximum atomic E-state index is 12.0. The summed E-state index contributed by atoms with van der Waals surface area (Å²) in [7, 11) is 0. The molecule has 1 aromatic rings.